The quantitative estimate of drug-likeness (QED) is 0.369. The highest BCUT2D eigenvalue weighted by molar-refractivity contribution is 7.96. The summed E-state index contributed by atoms with van der Waals surface area (Å²) in [6, 6.07) is 20.8. The Labute approximate surface area is 216 Å². The number of benzene rings is 2. The zero-order valence-electron chi connectivity index (χ0n) is 20.7. The molecule has 3 unspecified atom stereocenters. The Morgan fingerprint density at radius 3 is 2.50 bits per heavy atom. The predicted octanol–water partition coefficient (Wildman–Crippen LogP) is 3.86. The molecule has 0 aromatic heterocycles. The van der Waals surface area contributed by atoms with Crippen molar-refractivity contribution in [3.05, 3.63) is 89.5 Å². The highest BCUT2D eigenvalue weighted by Crippen LogP contribution is 2.52. The van der Waals surface area contributed by atoms with Crippen LogP contribution in [-0.2, 0) is 20.7 Å². The minimum absolute atomic E-state index is 0.0354. The van der Waals surface area contributed by atoms with Gasteiger partial charge in [-0.25, -0.2) is 0 Å². The molecule has 1 amide bonds. The van der Waals surface area contributed by atoms with Crippen LogP contribution in [0.3, 0.4) is 0 Å². The van der Waals surface area contributed by atoms with E-state index in [1.54, 1.807) is 19.1 Å². The van der Waals surface area contributed by atoms with Crippen molar-refractivity contribution >= 4 is 29.4 Å². The fourth-order valence-electron chi connectivity index (χ4n) is 6.12. The van der Waals surface area contributed by atoms with Crippen LogP contribution in [0.25, 0.3) is 0 Å². The van der Waals surface area contributed by atoms with Crippen molar-refractivity contribution in [2.75, 3.05) is 26.5 Å². The van der Waals surface area contributed by atoms with Crippen LogP contribution in [-0.4, -0.2) is 70.9 Å². The summed E-state index contributed by atoms with van der Waals surface area (Å²) < 4.78 is 17.4. The standard InChI is InChI=1S/C29H31N3O3S/c1-34-28-26-25(27(33)30-21-14-17-31(36-2)18-15-21)23-13-16-29(26,35-23)24(19-20-9-5-3-6-10-20)32(28)22-11-7-4-8-12-22/h3-13,16,21,23-24H,14-15,17-19H2,1-2H3/p+1. The first-order valence-corrected chi connectivity index (χ1v) is 13.8. The van der Waals surface area contributed by atoms with Gasteiger partial charge in [0.2, 0.25) is 11.7 Å². The monoisotopic (exact) mass is 502 g/mol. The summed E-state index contributed by atoms with van der Waals surface area (Å²) in [5.74, 6) is 0.670. The van der Waals surface area contributed by atoms with Crippen molar-refractivity contribution < 1.29 is 18.8 Å². The summed E-state index contributed by atoms with van der Waals surface area (Å²) >= 11 is 1.77. The van der Waals surface area contributed by atoms with Gasteiger partial charge in [0.15, 0.2) is 5.60 Å². The van der Waals surface area contributed by atoms with Gasteiger partial charge in [-0.05, 0) is 30.7 Å². The first-order chi connectivity index (χ1) is 17.6. The fourth-order valence-corrected chi connectivity index (χ4v) is 6.69. The number of nitrogens with zero attached hydrogens (tertiary/aromatic N) is 2. The molecule has 6 nitrogen and oxygen atoms in total. The fraction of sp³-hybridized carbons (Fsp3) is 0.379. The highest BCUT2D eigenvalue weighted by Gasteiger charge is 2.68. The molecule has 0 radical (unpaired) electrons. The lowest BCUT2D eigenvalue weighted by molar-refractivity contribution is -0.499. The molecule has 6 rings (SSSR count). The molecule has 186 valence electrons. The van der Waals surface area contributed by atoms with E-state index in [2.05, 4.69) is 69.0 Å². The van der Waals surface area contributed by atoms with Gasteiger partial charge in [-0.15, -0.1) is 0 Å². The van der Waals surface area contributed by atoms with Crippen molar-refractivity contribution in [1.82, 2.24) is 9.62 Å². The Morgan fingerprint density at radius 2 is 1.83 bits per heavy atom. The van der Waals surface area contributed by atoms with Crippen molar-refractivity contribution in [2.24, 2.45) is 0 Å². The first kappa shape index (κ1) is 23.5. The van der Waals surface area contributed by atoms with Gasteiger partial charge < -0.3 is 14.8 Å². The second-order valence-electron chi connectivity index (χ2n) is 9.76. The van der Waals surface area contributed by atoms with E-state index in [4.69, 9.17) is 9.47 Å². The van der Waals surface area contributed by atoms with Crippen molar-refractivity contribution in [2.45, 2.75) is 43.1 Å². The molecule has 1 saturated heterocycles. The lowest BCUT2D eigenvalue weighted by Gasteiger charge is -2.30. The summed E-state index contributed by atoms with van der Waals surface area (Å²) in [4.78, 5) is 13.8. The van der Waals surface area contributed by atoms with Gasteiger partial charge in [-0.2, -0.15) is 4.58 Å². The number of rotatable bonds is 6. The summed E-state index contributed by atoms with van der Waals surface area (Å²) in [7, 11) is 1.69. The smallest absolute Gasteiger partial charge is 0.375 e. The molecule has 3 atom stereocenters. The molecule has 4 aliphatic rings. The molecule has 2 bridgehead atoms. The van der Waals surface area contributed by atoms with Crippen LogP contribution in [0, 0.1) is 0 Å². The second-order valence-corrected chi connectivity index (χ2v) is 10.6. The molecule has 0 aliphatic carbocycles. The molecule has 4 aliphatic heterocycles. The molecule has 1 spiro atoms. The lowest BCUT2D eigenvalue weighted by Crippen LogP contribution is -2.44. The Hall–Kier alpha value is -2.87. The van der Waals surface area contributed by atoms with Crippen LogP contribution in [0.5, 0.6) is 0 Å². The van der Waals surface area contributed by atoms with Crippen LogP contribution in [0.2, 0.25) is 0 Å². The number of ether oxygens (including phenoxy) is 2. The third-order valence-electron chi connectivity index (χ3n) is 7.82. The van der Waals surface area contributed by atoms with Gasteiger partial charge >= 0.3 is 5.90 Å². The number of amides is 1. The maximum absolute atomic E-state index is 13.8. The number of hydrogen-bond donors (Lipinski definition) is 1. The Morgan fingerprint density at radius 1 is 1.14 bits per heavy atom. The minimum Gasteiger partial charge on any atom is -0.447 e. The third-order valence-corrected chi connectivity index (χ3v) is 8.70. The van der Waals surface area contributed by atoms with E-state index in [1.165, 1.54) is 5.56 Å². The average molecular weight is 503 g/mol. The van der Waals surface area contributed by atoms with Crippen LogP contribution in [0.15, 0.2) is 84.0 Å². The average Bonchev–Trinajstić information content (AvgIpc) is 3.58. The molecule has 2 aromatic rings. The molecule has 1 N–H and O–H groups in total. The number of nitrogens with one attached hydrogen (secondary N) is 1. The highest BCUT2D eigenvalue weighted by atomic mass is 32.2. The normalized spacial score (nSPS) is 27.6. The van der Waals surface area contributed by atoms with Gasteiger partial charge in [0.05, 0.1) is 12.7 Å². The van der Waals surface area contributed by atoms with Crippen LogP contribution in [0.1, 0.15) is 18.4 Å². The Bertz CT molecular complexity index is 1230. The largest absolute Gasteiger partial charge is 0.447 e. The van der Waals surface area contributed by atoms with Gasteiger partial charge in [-0.1, -0.05) is 66.6 Å². The zero-order chi connectivity index (χ0) is 24.7. The van der Waals surface area contributed by atoms with E-state index in [0.29, 0.717) is 11.5 Å². The SMILES string of the molecule is COC1=[N+](c2ccccc2)C(Cc2ccccc2)C23C=CC(O2)C(C(=O)NC2CCN(SC)CC2)=C13. The van der Waals surface area contributed by atoms with Gasteiger partial charge in [0, 0.05) is 37.7 Å². The third kappa shape index (κ3) is 3.81. The summed E-state index contributed by atoms with van der Waals surface area (Å²) in [6.07, 6.45) is 8.62. The van der Waals surface area contributed by atoms with Crippen LogP contribution >= 0.6 is 11.9 Å². The van der Waals surface area contributed by atoms with Gasteiger partial charge in [-0.3, -0.25) is 9.10 Å². The maximum Gasteiger partial charge on any atom is 0.375 e. The van der Waals surface area contributed by atoms with E-state index in [1.807, 2.05) is 24.3 Å². The molecule has 4 heterocycles. The van der Waals surface area contributed by atoms with E-state index in [-0.39, 0.29) is 24.1 Å². The first-order valence-electron chi connectivity index (χ1n) is 12.7. The number of carbonyl (C=O) groups excluding carboxylic acids is 1. The van der Waals surface area contributed by atoms with Crippen molar-refractivity contribution in [3.63, 3.8) is 0 Å². The zero-order valence-corrected chi connectivity index (χ0v) is 21.5. The Kier molecular flexibility index (Phi) is 6.23. The van der Waals surface area contributed by atoms with E-state index in [9.17, 15) is 4.79 Å². The topological polar surface area (TPSA) is 53.8 Å². The maximum atomic E-state index is 13.8. The summed E-state index contributed by atoms with van der Waals surface area (Å²) in [6.45, 7) is 1.97. The number of fused-ring (bicyclic) bond motifs is 1. The number of para-hydroxylation sites is 1. The number of piperidine rings is 1. The van der Waals surface area contributed by atoms with Gasteiger partial charge in [0.25, 0.3) is 5.91 Å². The molecule has 0 saturated carbocycles. The van der Waals surface area contributed by atoms with Crippen LogP contribution < -0.4 is 5.32 Å². The lowest BCUT2D eigenvalue weighted by atomic mass is 9.81. The van der Waals surface area contributed by atoms with E-state index >= 15 is 0 Å². The van der Waals surface area contributed by atoms with Crippen molar-refractivity contribution in [3.8, 4) is 0 Å². The predicted molar refractivity (Wildman–Crippen MR) is 142 cm³/mol. The number of carbonyl (C=O) groups is 1. The van der Waals surface area contributed by atoms with Gasteiger partial charge in [0.1, 0.15) is 11.7 Å². The Balaban J connectivity index is 1.41. The van der Waals surface area contributed by atoms with Crippen LogP contribution in [0.4, 0.5) is 5.69 Å². The van der Waals surface area contributed by atoms with E-state index in [0.717, 1.165) is 43.6 Å². The summed E-state index contributed by atoms with van der Waals surface area (Å²) in [5, 5.41) is 3.33. The molecule has 36 heavy (non-hydrogen) atoms. The van der Waals surface area contributed by atoms with Crippen molar-refractivity contribution in [1.29, 1.82) is 0 Å². The summed E-state index contributed by atoms with van der Waals surface area (Å²) in [5.41, 5.74) is 3.08. The number of hydrogen-bond acceptors (Lipinski definition) is 5. The second kappa shape index (κ2) is 9.54. The van der Waals surface area contributed by atoms with E-state index < -0.39 is 5.60 Å². The molecule has 1 fully saturated rings. The minimum atomic E-state index is -0.726. The number of methoxy groups -OCH3 is 1. The molecular weight excluding hydrogens is 470 g/mol. The molecular formula is C29H32N3O3S+. The molecule has 7 heteroatoms. The molecule has 2 aromatic carbocycles.